The Morgan fingerprint density at radius 3 is 3.06 bits per heavy atom. The maximum absolute atomic E-state index is 13.7. The van der Waals surface area contributed by atoms with Crippen LogP contribution in [0.3, 0.4) is 0 Å². The predicted molar refractivity (Wildman–Crippen MR) is 61.8 cm³/mol. The maximum atomic E-state index is 13.7. The zero-order valence-electron chi connectivity index (χ0n) is 9.93. The molecule has 2 aliphatic heterocycles. The van der Waals surface area contributed by atoms with Gasteiger partial charge in [0.2, 0.25) is 5.91 Å². The van der Waals surface area contributed by atoms with E-state index in [0.717, 1.165) is 0 Å². The Morgan fingerprint density at radius 2 is 2.47 bits per heavy atom. The van der Waals surface area contributed by atoms with Crippen LogP contribution in [-0.4, -0.2) is 62.2 Å². The molecular formula is C11H18FN3O2. The van der Waals surface area contributed by atoms with Crippen LogP contribution in [0.2, 0.25) is 0 Å². The molecule has 0 aromatic heterocycles. The molecule has 6 heteroatoms. The third-order valence-corrected chi connectivity index (χ3v) is 3.29. The monoisotopic (exact) mass is 243 g/mol. The fourth-order valence-electron chi connectivity index (χ4n) is 2.25. The lowest BCUT2D eigenvalue weighted by atomic mass is 10.0. The van der Waals surface area contributed by atoms with Crippen molar-refractivity contribution in [3.63, 3.8) is 0 Å². The van der Waals surface area contributed by atoms with E-state index in [1.165, 1.54) is 7.11 Å². The molecule has 2 heterocycles. The van der Waals surface area contributed by atoms with Crippen LogP contribution in [0.4, 0.5) is 4.39 Å². The Kier molecular flexibility index (Phi) is 4.06. The number of likely N-dealkylation sites (tertiary alicyclic amines) is 1. The second-order valence-corrected chi connectivity index (χ2v) is 4.38. The molecule has 1 unspecified atom stereocenters. The molecule has 17 heavy (non-hydrogen) atoms. The summed E-state index contributed by atoms with van der Waals surface area (Å²) in [6.45, 7) is 1.16. The first-order valence-electron chi connectivity index (χ1n) is 5.89. The van der Waals surface area contributed by atoms with E-state index in [2.05, 4.69) is 10.3 Å². The number of piperidine rings is 1. The van der Waals surface area contributed by atoms with Crippen LogP contribution in [0, 0.1) is 0 Å². The van der Waals surface area contributed by atoms with E-state index in [-0.39, 0.29) is 24.6 Å². The Morgan fingerprint density at radius 1 is 1.65 bits per heavy atom. The van der Waals surface area contributed by atoms with Crippen molar-refractivity contribution in [1.29, 1.82) is 0 Å². The van der Waals surface area contributed by atoms with Crippen molar-refractivity contribution in [1.82, 2.24) is 10.2 Å². The number of aliphatic imine (C=N–C) groups is 1. The number of methoxy groups -OCH3 is 1. The van der Waals surface area contributed by atoms with Gasteiger partial charge in [-0.05, 0) is 6.42 Å². The van der Waals surface area contributed by atoms with Gasteiger partial charge in [0.15, 0.2) is 0 Å². The Labute approximate surface area is 100 Å². The summed E-state index contributed by atoms with van der Waals surface area (Å²) in [6.07, 6.45) is 1.42. The molecule has 0 saturated carbocycles. The first kappa shape index (κ1) is 12.4. The molecule has 1 saturated heterocycles. The molecule has 1 fully saturated rings. The number of nitrogens with zero attached hydrogens (tertiary/aromatic N) is 2. The molecule has 1 N–H and O–H groups in total. The highest BCUT2D eigenvalue weighted by Crippen LogP contribution is 2.18. The van der Waals surface area contributed by atoms with Gasteiger partial charge in [0.25, 0.3) is 0 Å². The average molecular weight is 243 g/mol. The van der Waals surface area contributed by atoms with Crippen molar-refractivity contribution in [3.05, 3.63) is 0 Å². The van der Waals surface area contributed by atoms with Crippen molar-refractivity contribution in [2.75, 3.05) is 26.9 Å². The lowest BCUT2D eigenvalue weighted by molar-refractivity contribution is -0.138. The minimum absolute atomic E-state index is 0.0339. The van der Waals surface area contributed by atoms with Gasteiger partial charge in [-0.25, -0.2) is 4.39 Å². The molecule has 96 valence electrons. The summed E-state index contributed by atoms with van der Waals surface area (Å²) in [5, 5.41) is 3.01. The molecular weight excluding hydrogens is 225 g/mol. The molecule has 0 aromatic carbocycles. The Balaban J connectivity index is 1.90. The second-order valence-electron chi connectivity index (χ2n) is 4.38. The zero-order chi connectivity index (χ0) is 12.3. The maximum Gasteiger partial charge on any atom is 0.240 e. The first-order chi connectivity index (χ1) is 8.22. The number of carbonyl (C=O) groups is 1. The van der Waals surface area contributed by atoms with Gasteiger partial charge >= 0.3 is 0 Å². The average Bonchev–Trinajstić information content (AvgIpc) is 2.39. The van der Waals surface area contributed by atoms with Crippen molar-refractivity contribution in [2.45, 2.75) is 31.2 Å². The predicted octanol–water partition coefficient (Wildman–Crippen LogP) is -0.0380. The van der Waals surface area contributed by atoms with E-state index < -0.39 is 6.17 Å². The van der Waals surface area contributed by atoms with Crippen LogP contribution in [-0.2, 0) is 9.53 Å². The summed E-state index contributed by atoms with van der Waals surface area (Å²) in [6, 6.07) is -0.251. The van der Waals surface area contributed by atoms with E-state index in [9.17, 15) is 9.18 Å². The minimum atomic E-state index is -1.09. The van der Waals surface area contributed by atoms with E-state index in [1.807, 2.05) is 0 Å². The van der Waals surface area contributed by atoms with Crippen LogP contribution in [0.5, 0.6) is 0 Å². The van der Waals surface area contributed by atoms with E-state index in [0.29, 0.717) is 26.1 Å². The van der Waals surface area contributed by atoms with Crippen LogP contribution in [0.1, 0.15) is 12.8 Å². The van der Waals surface area contributed by atoms with Crippen LogP contribution in [0.15, 0.2) is 4.99 Å². The number of hydrogen-bond donors (Lipinski definition) is 1. The van der Waals surface area contributed by atoms with Crippen molar-refractivity contribution >= 4 is 12.1 Å². The quantitative estimate of drug-likeness (QED) is 0.740. The van der Waals surface area contributed by atoms with Gasteiger partial charge in [-0.2, -0.15) is 0 Å². The molecule has 5 nitrogen and oxygen atoms in total. The number of amides is 1. The summed E-state index contributed by atoms with van der Waals surface area (Å²) in [5.41, 5.74) is 0. The summed E-state index contributed by atoms with van der Waals surface area (Å²) >= 11 is 0. The summed E-state index contributed by atoms with van der Waals surface area (Å²) in [7, 11) is 1.51. The second kappa shape index (κ2) is 5.55. The molecule has 1 amide bonds. The Bertz CT molecular complexity index is 311. The normalized spacial score (nSPS) is 33.8. The highest BCUT2D eigenvalue weighted by molar-refractivity contribution is 5.85. The molecule has 3 atom stereocenters. The molecule has 0 bridgehead atoms. The number of carbonyl (C=O) groups excluding carboxylic acids is 1. The number of halogens is 1. The summed E-state index contributed by atoms with van der Waals surface area (Å²) < 4.78 is 18.7. The summed E-state index contributed by atoms with van der Waals surface area (Å²) in [4.78, 5) is 17.7. The highest BCUT2D eigenvalue weighted by atomic mass is 19.1. The molecule has 0 spiro atoms. The first-order valence-corrected chi connectivity index (χ1v) is 5.89. The van der Waals surface area contributed by atoms with Crippen LogP contribution < -0.4 is 5.32 Å². The van der Waals surface area contributed by atoms with Crippen molar-refractivity contribution in [3.8, 4) is 0 Å². The molecule has 0 aliphatic carbocycles. The Hall–Kier alpha value is -1.01. The van der Waals surface area contributed by atoms with E-state index >= 15 is 0 Å². The number of nitrogens with one attached hydrogen (secondary N) is 1. The highest BCUT2D eigenvalue weighted by Gasteiger charge is 2.34. The topological polar surface area (TPSA) is 53.9 Å². The van der Waals surface area contributed by atoms with Gasteiger partial charge in [0.1, 0.15) is 6.17 Å². The number of ether oxygens (including phenoxy) is 1. The molecule has 2 aliphatic rings. The van der Waals surface area contributed by atoms with Gasteiger partial charge in [-0.15, -0.1) is 0 Å². The van der Waals surface area contributed by atoms with Gasteiger partial charge in [-0.1, -0.05) is 0 Å². The zero-order valence-corrected chi connectivity index (χ0v) is 9.93. The lowest BCUT2D eigenvalue weighted by Gasteiger charge is -2.36. The summed E-state index contributed by atoms with van der Waals surface area (Å²) in [5.74, 6) is -0.0339. The molecule has 2 rings (SSSR count). The van der Waals surface area contributed by atoms with Crippen molar-refractivity contribution < 1.29 is 13.9 Å². The molecule has 0 aromatic rings. The van der Waals surface area contributed by atoms with Crippen LogP contribution >= 0.6 is 0 Å². The fourth-order valence-corrected chi connectivity index (χ4v) is 2.25. The largest absolute Gasteiger partial charge is 0.378 e. The van der Waals surface area contributed by atoms with Gasteiger partial charge in [0.05, 0.1) is 25.4 Å². The SMILES string of the molecule is CO[C@H]1CCN(C(=O)C2CC=NCN2)C[C@H]1F. The van der Waals surface area contributed by atoms with E-state index in [1.54, 1.807) is 11.1 Å². The third-order valence-electron chi connectivity index (χ3n) is 3.29. The number of alkyl halides is 1. The smallest absolute Gasteiger partial charge is 0.240 e. The number of hydrogen-bond acceptors (Lipinski definition) is 4. The van der Waals surface area contributed by atoms with E-state index in [4.69, 9.17) is 4.74 Å². The number of rotatable bonds is 2. The lowest BCUT2D eigenvalue weighted by Crippen LogP contribution is -2.54. The third kappa shape index (κ3) is 2.81. The standard InChI is InChI=1S/C11H18FN3O2/c1-17-10-3-5-15(6-8(10)12)11(16)9-2-4-13-7-14-9/h4,8-10,14H,2-3,5-7H2,1H3/t8-,9?,10+/m1/s1. The fraction of sp³-hybridized carbons (Fsp3) is 0.818. The molecule has 0 radical (unpaired) electrons. The van der Waals surface area contributed by atoms with Gasteiger partial charge in [-0.3, -0.25) is 15.1 Å². The van der Waals surface area contributed by atoms with Gasteiger partial charge < -0.3 is 9.64 Å². The van der Waals surface area contributed by atoms with Gasteiger partial charge in [0, 0.05) is 26.3 Å². The van der Waals surface area contributed by atoms with Crippen molar-refractivity contribution in [2.24, 2.45) is 4.99 Å². The minimum Gasteiger partial charge on any atom is -0.378 e. The van der Waals surface area contributed by atoms with Crippen LogP contribution in [0.25, 0.3) is 0 Å².